The quantitative estimate of drug-likeness (QED) is 0.653. The van der Waals surface area contributed by atoms with E-state index < -0.39 is 0 Å². The van der Waals surface area contributed by atoms with E-state index in [4.69, 9.17) is 9.72 Å². The SMILES string of the molecule is Cc1nc(S[C@@H](C(=O)N2CCCCC2)c2ccccc2)n(C[C@@H]2CCCO2)c1C. The fourth-order valence-electron chi connectivity index (χ4n) is 4.19. The molecule has 1 amide bonds. The molecule has 4 rings (SSSR count). The second-order valence-electron chi connectivity index (χ2n) is 8.11. The Morgan fingerprint density at radius 1 is 1.17 bits per heavy atom. The van der Waals surface area contributed by atoms with Crippen LogP contribution in [-0.4, -0.2) is 46.2 Å². The van der Waals surface area contributed by atoms with Gasteiger partial charge in [0.1, 0.15) is 5.25 Å². The van der Waals surface area contributed by atoms with Gasteiger partial charge < -0.3 is 14.2 Å². The maximum atomic E-state index is 13.5. The fourth-order valence-corrected chi connectivity index (χ4v) is 5.48. The molecule has 2 aromatic rings. The summed E-state index contributed by atoms with van der Waals surface area (Å²) in [4.78, 5) is 20.4. The highest BCUT2D eigenvalue weighted by Gasteiger charge is 2.30. The zero-order chi connectivity index (χ0) is 20.2. The number of rotatable bonds is 6. The summed E-state index contributed by atoms with van der Waals surface area (Å²) in [5.74, 6) is 0.211. The average molecular weight is 414 g/mol. The molecule has 1 aromatic carbocycles. The molecule has 156 valence electrons. The lowest BCUT2D eigenvalue weighted by molar-refractivity contribution is -0.131. The van der Waals surface area contributed by atoms with Gasteiger partial charge in [-0.1, -0.05) is 42.1 Å². The number of carbonyl (C=O) groups is 1. The number of piperidine rings is 1. The van der Waals surface area contributed by atoms with Crippen LogP contribution in [0.25, 0.3) is 0 Å². The Balaban J connectivity index is 1.62. The molecule has 0 aliphatic carbocycles. The molecule has 6 heteroatoms. The van der Waals surface area contributed by atoms with Crippen molar-refractivity contribution in [2.45, 2.75) is 69.0 Å². The summed E-state index contributed by atoms with van der Waals surface area (Å²) in [5, 5.41) is 0.661. The van der Waals surface area contributed by atoms with Crippen LogP contribution in [0.4, 0.5) is 0 Å². The monoisotopic (exact) mass is 413 g/mol. The van der Waals surface area contributed by atoms with Crippen LogP contribution >= 0.6 is 11.8 Å². The first-order valence-electron chi connectivity index (χ1n) is 10.8. The lowest BCUT2D eigenvalue weighted by Crippen LogP contribution is -2.38. The first-order valence-corrected chi connectivity index (χ1v) is 11.7. The van der Waals surface area contributed by atoms with E-state index in [-0.39, 0.29) is 17.3 Å². The summed E-state index contributed by atoms with van der Waals surface area (Å²) in [5.41, 5.74) is 3.25. The highest BCUT2D eigenvalue weighted by atomic mass is 32.2. The number of hydrogen-bond acceptors (Lipinski definition) is 4. The van der Waals surface area contributed by atoms with Crippen molar-refractivity contribution in [3.05, 3.63) is 47.3 Å². The summed E-state index contributed by atoms with van der Waals surface area (Å²) in [6.45, 7) is 7.56. The smallest absolute Gasteiger partial charge is 0.240 e. The van der Waals surface area contributed by atoms with Crippen LogP contribution in [0.5, 0.6) is 0 Å². The van der Waals surface area contributed by atoms with Gasteiger partial charge in [0.2, 0.25) is 5.91 Å². The minimum absolute atomic E-state index is 0.211. The highest BCUT2D eigenvalue weighted by Crippen LogP contribution is 2.38. The van der Waals surface area contributed by atoms with Gasteiger partial charge in [-0.2, -0.15) is 0 Å². The molecule has 0 saturated carbocycles. The van der Waals surface area contributed by atoms with E-state index in [0.29, 0.717) is 0 Å². The van der Waals surface area contributed by atoms with Crippen molar-refractivity contribution in [1.29, 1.82) is 0 Å². The molecule has 3 heterocycles. The Morgan fingerprint density at radius 2 is 1.93 bits per heavy atom. The largest absolute Gasteiger partial charge is 0.376 e. The van der Waals surface area contributed by atoms with E-state index in [1.165, 1.54) is 12.1 Å². The molecule has 2 aliphatic heterocycles. The van der Waals surface area contributed by atoms with Crippen LogP contribution in [0.1, 0.15) is 54.3 Å². The minimum Gasteiger partial charge on any atom is -0.376 e. The molecule has 29 heavy (non-hydrogen) atoms. The third-order valence-corrected chi connectivity index (χ3v) is 7.28. The first-order chi connectivity index (χ1) is 14.1. The van der Waals surface area contributed by atoms with E-state index in [1.807, 2.05) is 23.1 Å². The number of amides is 1. The van der Waals surface area contributed by atoms with Gasteiger partial charge in [0.15, 0.2) is 5.16 Å². The van der Waals surface area contributed by atoms with Gasteiger partial charge >= 0.3 is 0 Å². The Hall–Kier alpha value is -1.79. The Morgan fingerprint density at radius 3 is 2.62 bits per heavy atom. The van der Waals surface area contributed by atoms with Crippen molar-refractivity contribution in [2.24, 2.45) is 0 Å². The number of aromatic nitrogens is 2. The number of thioether (sulfide) groups is 1. The third kappa shape index (κ3) is 4.69. The van der Waals surface area contributed by atoms with E-state index in [9.17, 15) is 4.79 Å². The molecule has 2 atom stereocenters. The van der Waals surface area contributed by atoms with Gasteiger partial charge in [0, 0.05) is 25.4 Å². The maximum Gasteiger partial charge on any atom is 0.240 e. The highest BCUT2D eigenvalue weighted by molar-refractivity contribution is 8.00. The topological polar surface area (TPSA) is 47.4 Å². The Bertz CT molecular complexity index is 824. The lowest BCUT2D eigenvalue weighted by Gasteiger charge is -2.30. The molecule has 0 unspecified atom stereocenters. The average Bonchev–Trinajstić information content (AvgIpc) is 3.37. The second kappa shape index (κ2) is 9.35. The molecule has 0 spiro atoms. The van der Waals surface area contributed by atoms with Gasteiger partial charge in [-0.3, -0.25) is 4.79 Å². The molecule has 2 aliphatic rings. The number of nitrogens with zero attached hydrogens (tertiary/aromatic N) is 3. The lowest BCUT2D eigenvalue weighted by atomic mass is 10.1. The number of imidazole rings is 1. The predicted octanol–water partition coefficient (Wildman–Crippen LogP) is 4.52. The van der Waals surface area contributed by atoms with E-state index >= 15 is 0 Å². The standard InChI is InChI=1S/C23H31N3O2S/c1-17-18(2)26(16-20-12-9-15-28-20)23(24-17)29-21(19-10-5-3-6-11-19)22(27)25-13-7-4-8-14-25/h3,5-6,10-11,20-21H,4,7-9,12-16H2,1-2H3/t20-,21+/m0/s1. The minimum atomic E-state index is -0.265. The number of hydrogen-bond donors (Lipinski definition) is 0. The molecular weight excluding hydrogens is 382 g/mol. The number of benzene rings is 1. The fraction of sp³-hybridized carbons (Fsp3) is 0.565. The van der Waals surface area contributed by atoms with Gasteiger partial charge in [-0.15, -0.1) is 0 Å². The van der Waals surface area contributed by atoms with Gasteiger partial charge in [0.25, 0.3) is 0 Å². The molecule has 0 N–H and O–H groups in total. The van der Waals surface area contributed by atoms with Crippen molar-refractivity contribution in [3.8, 4) is 0 Å². The van der Waals surface area contributed by atoms with Crippen molar-refractivity contribution in [1.82, 2.24) is 14.5 Å². The van der Waals surface area contributed by atoms with Crippen LogP contribution in [-0.2, 0) is 16.1 Å². The third-order valence-electron chi connectivity index (χ3n) is 6.05. The van der Waals surface area contributed by atoms with E-state index in [0.717, 1.165) is 68.3 Å². The summed E-state index contributed by atoms with van der Waals surface area (Å²) < 4.78 is 8.13. The van der Waals surface area contributed by atoms with Crippen molar-refractivity contribution in [2.75, 3.05) is 19.7 Å². The van der Waals surface area contributed by atoms with E-state index in [1.54, 1.807) is 11.8 Å². The van der Waals surface area contributed by atoms with Crippen LogP contribution < -0.4 is 0 Å². The number of carbonyl (C=O) groups excluding carboxylic acids is 1. The van der Waals surface area contributed by atoms with Gasteiger partial charge in [0.05, 0.1) is 18.3 Å². The van der Waals surface area contributed by atoms with Crippen molar-refractivity contribution < 1.29 is 9.53 Å². The zero-order valence-corrected chi connectivity index (χ0v) is 18.3. The normalized spacial score (nSPS) is 20.8. The molecule has 0 radical (unpaired) electrons. The molecule has 0 bridgehead atoms. The molecule has 2 fully saturated rings. The number of aryl methyl sites for hydroxylation is 1. The van der Waals surface area contributed by atoms with Gasteiger partial charge in [-0.25, -0.2) is 4.98 Å². The number of ether oxygens (including phenoxy) is 1. The Labute approximate surface area is 177 Å². The van der Waals surface area contributed by atoms with Crippen molar-refractivity contribution in [3.63, 3.8) is 0 Å². The van der Waals surface area contributed by atoms with Crippen LogP contribution in [0.3, 0.4) is 0 Å². The van der Waals surface area contributed by atoms with Crippen molar-refractivity contribution >= 4 is 17.7 Å². The second-order valence-corrected chi connectivity index (χ2v) is 9.18. The summed E-state index contributed by atoms with van der Waals surface area (Å²) in [6, 6.07) is 10.2. The summed E-state index contributed by atoms with van der Waals surface area (Å²) in [6.07, 6.45) is 5.88. The summed E-state index contributed by atoms with van der Waals surface area (Å²) >= 11 is 1.59. The van der Waals surface area contributed by atoms with Crippen LogP contribution in [0, 0.1) is 13.8 Å². The molecular formula is C23H31N3O2S. The summed E-state index contributed by atoms with van der Waals surface area (Å²) in [7, 11) is 0. The van der Waals surface area contributed by atoms with E-state index in [2.05, 4.69) is 30.5 Å². The number of likely N-dealkylation sites (tertiary alicyclic amines) is 1. The van der Waals surface area contributed by atoms with Gasteiger partial charge in [-0.05, 0) is 51.5 Å². The molecule has 2 saturated heterocycles. The maximum absolute atomic E-state index is 13.5. The zero-order valence-electron chi connectivity index (χ0n) is 17.5. The molecule has 1 aromatic heterocycles. The first kappa shape index (κ1) is 20.5. The van der Waals surface area contributed by atoms with Crippen LogP contribution in [0.2, 0.25) is 0 Å². The molecule has 5 nitrogen and oxygen atoms in total. The van der Waals surface area contributed by atoms with Crippen LogP contribution in [0.15, 0.2) is 35.5 Å². The Kier molecular flexibility index (Phi) is 6.60. The predicted molar refractivity (Wildman–Crippen MR) is 116 cm³/mol.